The van der Waals surface area contributed by atoms with Crippen LogP contribution in [0.1, 0.15) is 16.8 Å². The quantitative estimate of drug-likeness (QED) is 0.477. The lowest BCUT2D eigenvalue weighted by Crippen LogP contribution is -2.29. The molecule has 3 N–H and O–H groups in total. The first-order valence-electron chi connectivity index (χ1n) is 9.29. The van der Waals surface area contributed by atoms with E-state index >= 15 is 0 Å². The van der Waals surface area contributed by atoms with Crippen molar-refractivity contribution < 1.29 is 8.42 Å². The van der Waals surface area contributed by atoms with E-state index in [2.05, 4.69) is 25.3 Å². The second-order valence-corrected chi connectivity index (χ2v) is 8.38. The first kappa shape index (κ1) is 21.2. The van der Waals surface area contributed by atoms with Gasteiger partial charge in [0, 0.05) is 30.5 Å². The normalized spacial score (nSPS) is 11.0. The van der Waals surface area contributed by atoms with Crippen LogP contribution in [0.5, 0.6) is 0 Å². The number of sulfonamides is 1. The SMILES string of the molecule is Cc1ccc(Nc2cc(C)nc(NCCNS(=O)(=O)c3ccccc3C#N)n2)cc1. The third-order valence-electron chi connectivity index (χ3n) is 4.18. The predicted molar refractivity (Wildman–Crippen MR) is 116 cm³/mol. The summed E-state index contributed by atoms with van der Waals surface area (Å²) in [5.41, 5.74) is 2.95. The van der Waals surface area contributed by atoms with Crippen LogP contribution in [0.25, 0.3) is 0 Å². The number of hydrogen-bond donors (Lipinski definition) is 3. The highest BCUT2D eigenvalue weighted by Crippen LogP contribution is 2.17. The molecular formula is C21H22N6O2S. The molecular weight excluding hydrogens is 400 g/mol. The van der Waals surface area contributed by atoms with Crippen molar-refractivity contribution in [1.82, 2.24) is 14.7 Å². The van der Waals surface area contributed by atoms with Crippen molar-refractivity contribution >= 4 is 27.5 Å². The van der Waals surface area contributed by atoms with Crippen LogP contribution in [-0.2, 0) is 10.0 Å². The monoisotopic (exact) mass is 422 g/mol. The summed E-state index contributed by atoms with van der Waals surface area (Å²) in [6, 6.07) is 17.7. The molecule has 1 aromatic heterocycles. The summed E-state index contributed by atoms with van der Waals surface area (Å²) in [4.78, 5) is 8.71. The van der Waals surface area contributed by atoms with E-state index in [4.69, 9.17) is 5.26 Å². The minimum atomic E-state index is -3.78. The van der Waals surface area contributed by atoms with Crippen LogP contribution in [0, 0.1) is 25.2 Å². The Kier molecular flexibility index (Phi) is 6.61. The molecule has 8 nitrogen and oxygen atoms in total. The van der Waals surface area contributed by atoms with Crippen LogP contribution in [0.4, 0.5) is 17.5 Å². The van der Waals surface area contributed by atoms with E-state index in [1.165, 1.54) is 17.7 Å². The van der Waals surface area contributed by atoms with Gasteiger partial charge in [-0.05, 0) is 38.1 Å². The van der Waals surface area contributed by atoms with E-state index in [-0.39, 0.29) is 23.5 Å². The number of anilines is 3. The van der Waals surface area contributed by atoms with E-state index in [0.29, 0.717) is 11.8 Å². The van der Waals surface area contributed by atoms with Crippen molar-refractivity contribution in [3.05, 3.63) is 71.4 Å². The molecule has 0 spiro atoms. The van der Waals surface area contributed by atoms with Crippen LogP contribution < -0.4 is 15.4 Å². The highest BCUT2D eigenvalue weighted by molar-refractivity contribution is 7.89. The molecule has 1 heterocycles. The zero-order chi connectivity index (χ0) is 21.6. The van der Waals surface area contributed by atoms with Gasteiger partial charge in [-0.3, -0.25) is 0 Å². The summed E-state index contributed by atoms with van der Waals surface area (Å²) < 4.78 is 27.3. The minimum absolute atomic E-state index is 0.0381. The number of hydrogen-bond acceptors (Lipinski definition) is 7. The Morgan fingerprint density at radius 3 is 2.47 bits per heavy atom. The summed E-state index contributed by atoms with van der Waals surface area (Å²) >= 11 is 0. The maximum atomic E-state index is 12.4. The maximum Gasteiger partial charge on any atom is 0.241 e. The summed E-state index contributed by atoms with van der Waals surface area (Å²) in [6.45, 7) is 4.27. The molecule has 9 heteroatoms. The van der Waals surface area contributed by atoms with E-state index in [0.717, 1.165) is 11.4 Å². The van der Waals surface area contributed by atoms with Gasteiger partial charge >= 0.3 is 0 Å². The van der Waals surface area contributed by atoms with Gasteiger partial charge in [-0.2, -0.15) is 10.2 Å². The number of nitriles is 1. The third-order valence-corrected chi connectivity index (χ3v) is 5.69. The van der Waals surface area contributed by atoms with E-state index in [1.807, 2.05) is 50.2 Å². The molecule has 3 aromatic rings. The summed E-state index contributed by atoms with van der Waals surface area (Å²) in [5.74, 6) is 1.03. The largest absolute Gasteiger partial charge is 0.353 e. The molecule has 0 aliphatic heterocycles. The van der Waals surface area contributed by atoms with Crippen LogP contribution in [0.3, 0.4) is 0 Å². The molecule has 0 aliphatic rings. The number of aryl methyl sites for hydroxylation is 2. The molecule has 0 amide bonds. The summed E-state index contributed by atoms with van der Waals surface area (Å²) in [5, 5.41) is 15.3. The average molecular weight is 423 g/mol. The maximum absolute atomic E-state index is 12.4. The minimum Gasteiger partial charge on any atom is -0.353 e. The molecule has 0 fully saturated rings. The molecule has 2 aromatic carbocycles. The smallest absolute Gasteiger partial charge is 0.241 e. The predicted octanol–water partition coefficient (Wildman–Crippen LogP) is 3.10. The van der Waals surface area contributed by atoms with E-state index < -0.39 is 10.0 Å². The lowest BCUT2D eigenvalue weighted by Gasteiger charge is -2.11. The standard InChI is InChI=1S/C21H22N6O2S/c1-15-7-9-18(10-8-15)26-20-13-16(2)25-21(27-20)23-11-12-24-30(28,29)19-6-4-3-5-17(19)14-22/h3-10,13,24H,11-12H2,1-2H3,(H2,23,25,26,27). The fourth-order valence-electron chi connectivity index (χ4n) is 2.73. The van der Waals surface area contributed by atoms with Crippen LogP contribution in [0.15, 0.2) is 59.5 Å². The number of benzene rings is 2. The Labute approximate surface area is 176 Å². The average Bonchev–Trinajstić information content (AvgIpc) is 2.72. The van der Waals surface area contributed by atoms with Crippen LogP contribution in [-0.4, -0.2) is 31.5 Å². The van der Waals surface area contributed by atoms with Gasteiger partial charge in [0.05, 0.1) is 10.5 Å². The number of aromatic nitrogens is 2. The highest BCUT2D eigenvalue weighted by Gasteiger charge is 2.17. The Balaban J connectivity index is 1.60. The fraction of sp³-hybridized carbons (Fsp3) is 0.190. The van der Waals surface area contributed by atoms with Crippen LogP contribution >= 0.6 is 0 Å². The highest BCUT2D eigenvalue weighted by atomic mass is 32.2. The molecule has 0 unspecified atom stereocenters. The third kappa shape index (κ3) is 5.53. The zero-order valence-corrected chi connectivity index (χ0v) is 17.5. The number of rotatable bonds is 8. The number of nitrogens with one attached hydrogen (secondary N) is 3. The second-order valence-electron chi connectivity index (χ2n) is 6.64. The topological polar surface area (TPSA) is 120 Å². The van der Waals surface area contributed by atoms with Gasteiger partial charge in [0.2, 0.25) is 16.0 Å². The summed E-state index contributed by atoms with van der Waals surface area (Å²) in [6.07, 6.45) is 0. The van der Waals surface area contributed by atoms with E-state index in [9.17, 15) is 8.42 Å². The molecule has 3 rings (SSSR count). The first-order valence-corrected chi connectivity index (χ1v) is 10.8. The second kappa shape index (κ2) is 9.35. The van der Waals surface area contributed by atoms with Gasteiger partial charge in [0.25, 0.3) is 0 Å². The molecule has 0 atom stereocenters. The van der Waals surface area contributed by atoms with Crippen LogP contribution in [0.2, 0.25) is 0 Å². The van der Waals surface area contributed by atoms with Crippen molar-refractivity contribution in [3.63, 3.8) is 0 Å². The summed E-state index contributed by atoms with van der Waals surface area (Å²) in [7, 11) is -3.78. The van der Waals surface area contributed by atoms with Crippen molar-refractivity contribution in [2.75, 3.05) is 23.7 Å². The first-order chi connectivity index (χ1) is 14.4. The van der Waals surface area contributed by atoms with Crippen molar-refractivity contribution in [2.24, 2.45) is 0 Å². The van der Waals surface area contributed by atoms with Gasteiger partial charge in [0.1, 0.15) is 11.9 Å². The Morgan fingerprint density at radius 1 is 1.00 bits per heavy atom. The van der Waals surface area contributed by atoms with Crippen molar-refractivity contribution in [3.8, 4) is 6.07 Å². The molecule has 154 valence electrons. The van der Waals surface area contributed by atoms with Crippen molar-refractivity contribution in [1.29, 1.82) is 5.26 Å². The van der Waals surface area contributed by atoms with Gasteiger partial charge in [-0.15, -0.1) is 0 Å². The fourth-order valence-corrected chi connectivity index (χ4v) is 3.91. The lowest BCUT2D eigenvalue weighted by atomic mass is 10.2. The van der Waals surface area contributed by atoms with Gasteiger partial charge in [-0.25, -0.2) is 18.1 Å². The molecule has 30 heavy (non-hydrogen) atoms. The Morgan fingerprint density at radius 2 is 1.73 bits per heavy atom. The molecule has 0 aliphatic carbocycles. The van der Waals surface area contributed by atoms with Gasteiger partial charge in [-0.1, -0.05) is 29.8 Å². The van der Waals surface area contributed by atoms with E-state index in [1.54, 1.807) is 12.1 Å². The molecule has 0 saturated carbocycles. The lowest BCUT2D eigenvalue weighted by molar-refractivity contribution is 0.582. The molecule has 0 bridgehead atoms. The molecule has 0 radical (unpaired) electrons. The van der Waals surface area contributed by atoms with Crippen molar-refractivity contribution in [2.45, 2.75) is 18.7 Å². The Bertz CT molecular complexity index is 1170. The zero-order valence-electron chi connectivity index (χ0n) is 16.7. The van der Waals surface area contributed by atoms with Gasteiger partial charge in [0.15, 0.2) is 0 Å². The van der Waals surface area contributed by atoms with Gasteiger partial charge < -0.3 is 10.6 Å². The number of nitrogens with zero attached hydrogens (tertiary/aromatic N) is 3. The Hall–Kier alpha value is -3.48. The molecule has 0 saturated heterocycles.